The molecule has 3 N–H and O–H groups in total. The summed E-state index contributed by atoms with van der Waals surface area (Å²) in [6.45, 7) is 0. The molecule has 0 aliphatic carbocycles. The van der Waals surface area contributed by atoms with Crippen molar-refractivity contribution in [1.82, 2.24) is 15.4 Å². The topological polar surface area (TPSA) is 81.8 Å². The van der Waals surface area contributed by atoms with E-state index in [1.165, 1.54) is 0 Å². The molecule has 1 rings (SSSR count). The van der Waals surface area contributed by atoms with Crippen LogP contribution in [0.25, 0.3) is 0 Å². The standard InChI is InChI=1S/C4H5N3O2S.2Na/c8-3(9)1-2-4(10)6-7-5-2;;/h1H2,(H,8,9)(H2,5,6,7,10);;/q;2*+1. The van der Waals surface area contributed by atoms with Crippen molar-refractivity contribution in [2.75, 3.05) is 0 Å². The van der Waals surface area contributed by atoms with E-state index in [2.05, 4.69) is 15.4 Å². The second-order valence-corrected chi connectivity index (χ2v) is 2.10. The van der Waals surface area contributed by atoms with Gasteiger partial charge in [0.1, 0.15) is 10.3 Å². The van der Waals surface area contributed by atoms with Crippen LogP contribution in [0.1, 0.15) is 5.69 Å². The van der Waals surface area contributed by atoms with E-state index in [-0.39, 0.29) is 65.5 Å². The van der Waals surface area contributed by atoms with Crippen LogP contribution in [0.3, 0.4) is 0 Å². The first-order chi connectivity index (χ1) is 4.70. The maximum atomic E-state index is 10.1. The first-order valence-electron chi connectivity index (χ1n) is 2.54. The second kappa shape index (κ2) is 7.25. The molecule has 0 aliphatic heterocycles. The maximum absolute atomic E-state index is 10.1. The van der Waals surface area contributed by atoms with Gasteiger partial charge < -0.3 is 5.11 Å². The molecule has 0 spiro atoms. The average molecular weight is 205 g/mol. The van der Waals surface area contributed by atoms with Gasteiger partial charge in [0.15, 0.2) is 0 Å². The molecule has 0 bridgehead atoms. The zero-order chi connectivity index (χ0) is 7.56. The molecular weight excluding hydrogens is 200 g/mol. The minimum atomic E-state index is -0.938. The fourth-order valence-electron chi connectivity index (χ4n) is 0.532. The molecule has 54 valence electrons. The number of hydrogen-bond acceptors (Lipinski definition) is 3. The van der Waals surface area contributed by atoms with E-state index in [9.17, 15) is 4.79 Å². The van der Waals surface area contributed by atoms with Gasteiger partial charge in [-0.25, -0.2) is 5.21 Å². The monoisotopic (exact) mass is 205 g/mol. The number of aromatic amines is 2. The Morgan fingerprint density at radius 2 is 2.17 bits per heavy atom. The van der Waals surface area contributed by atoms with Crippen molar-refractivity contribution in [1.29, 1.82) is 0 Å². The van der Waals surface area contributed by atoms with E-state index < -0.39 is 5.97 Å². The van der Waals surface area contributed by atoms with Crippen molar-refractivity contribution in [3.63, 3.8) is 0 Å². The van der Waals surface area contributed by atoms with Crippen LogP contribution in [0, 0.1) is 4.64 Å². The van der Waals surface area contributed by atoms with Crippen LogP contribution in [0.5, 0.6) is 0 Å². The van der Waals surface area contributed by atoms with E-state index in [4.69, 9.17) is 17.3 Å². The summed E-state index contributed by atoms with van der Waals surface area (Å²) in [5, 5.41) is 16.7. The number of carboxylic acids is 1. The van der Waals surface area contributed by atoms with Gasteiger partial charge in [0.25, 0.3) is 0 Å². The SMILES string of the molecule is O=C(O)Cc1n[nH][nH]c1=S.[Na+].[Na+]. The van der Waals surface area contributed by atoms with Gasteiger partial charge in [0, 0.05) is 0 Å². The summed E-state index contributed by atoms with van der Waals surface area (Å²) < 4.78 is 0.349. The van der Waals surface area contributed by atoms with Gasteiger partial charge >= 0.3 is 65.1 Å². The summed E-state index contributed by atoms with van der Waals surface area (Å²) in [6, 6.07) is 0. The molecule has 0 saturated carbocycles. The Balaban J connectivity index is 0. The third-order valence-corrected chi connectivity index (χ3v) is 1.28. The Labute approximate surface area is 118 Å². The summed E-state index contributed by atoms with van der Waals surface area (Å²) in [4.78, 5) is 10.1. The Morgan fingerprint density at radius 3 is 2.50 bits per heavy atom. The van der Waals surface area contributed by atoms with Crippen molar-refractivity contribution in [3.8, 4) is 0 Å². The number of hydrogen-bond donors (Lipinski definition) is 3. The molecule has 0 saturated heterocycles. The number of carboxylic acid groups (broad SMARTS) is 1. The van der Waals surface area contributed by atoms with Gasteiger partial charge in [-0.15, -0.1) is 0 Å². The molecule has 0 aliphatic rings. The maximum Gasteiger partial charge on any atom is 1.00 e. The van der Waals surface area contributed by atoms with Gasteiger partial charge in [0.05, 0.1) is 6.42 Å². The first-order valence-corrected chi connectivity index (χ1v) is 2.94. The van der Waals surface area contributed by atoms with Gasteiger partial charge in [0.2, 0.25) is 0 Å². The molecule has 1 aromatic rings. The number of aliphatic carboxylic acids is 1. The number of H-pyrrole nitrogens is 2. The molecule has 1 aromatic heterocycles. The van der Waals surface area contributed by atoms with E-state index in [0.29, 0.717) is 10.3 Å². The Kier molecular flexibility index (Phi) is 9.25. The number of nitrogens with zero attached hydrogens (tertiary/aromatic N) is 1. The molecule has 0 amide bonds. The van der Waals surface area contributed by atoms with Crippen LogP contribution in [-0.2, 0) is 11.2 Å². The average Bonchev–Trinajstić information content (AvgIpc) is 2.15. The molecule has 0 aromatic carbocycles. The van der Waals surface area contributed by atoms with Crippen LogP contribution < -0.4 is 59.1 Å². The van der Waals surface area contributed by atoms with Crippen molar-refractivity contribution < 1.29 is 69.0 Å². The quantitative estimate of drug-likeness (QED) is 0.332. The van der Waals surface area contributed by atoms with E-state index in [0.717, 1.165) is 0 Å². The number of aromatic nitrogens is 3. The summed E-state index contributed by atoms with van der Waals surface area (Å²) in [5.41, 5.74) is 0.363. The van der Waals surface area contributed by atoms with Crippen molar-refractivity contribution in [3.05, 3.63) is 10.3 Å². The Hall–Kier alpha value is 0.830. The first kappa shape index (κ1) is 15.3. The number of carbonyl (C=O) groups is 1. The Bertz CT molecular complexity index is 296. The molecule has 0 radical (unpaired) electrons. The predicted molar refractivity (Wildman–Crippen MR) is 35.1 cm³/mol. The predicted octanol–water partition coefficient (Wildman–Crippen LogP) is -5.90. The zero-order valence-corrected chi connectivity index (χ0v) is 11.7. The Morgan fingerprint density at radius 1 is 1.58 bits per heavy atom. The van der Waals surface area contributed by atoms with Crippen molar-refractivity contribution in [2.24, 2.45) is 0 Å². The summed E-state index contributed by atoms with van der Waals surface area (Å²) in [7, 11) is 0. The van der Waals surface area contributed by atoms with Crippen LogP contribution in [-0.4, -0.2) is 26.5 Å². The van der Waals surface area contributed by atoms with E-state index in [1.54, 1.807) is 0 Å². The third kappa shape index (κ3) is 4.76. The van der Waals surface area contributed by atoms with Crippen LogP contribution in [0.2, 0.25) is 0 Å². The van der Waals surface area contributed by atoms with Crippen LogP contribution in [0.15, 0.2) is 0 Å². The molecule has 0 atom stereocenters. The van der Waals surface area contributed by atoms with E-state index >= 15 is 0 Å². The normalized spacial score (nSPS) is 8.00. The fourth-order valence-corrected chi connectivity index (χ4v) is 0.696. The fraction of sp³-hybridized carbons (Fsp3) is 0.250. The molecule has 0 unspecified atom stereocenters. The molecule has 1 heterocycles. The summed E-state index contributed by atoms with van der Waals surface area (Å²) in [6.07, 6.45) is -0.140. The minimum Gasteiger partial charge on any atom is -0.481 e. The molecule has 8 heteroatoms. The minimum absolute atomic E-state index is 0. The van der Waals surface area contributed by atoms with Gasteiger partial charge in [-0.1, -0.05) is 12.2 Å². The largest absolute Gasteiger partial charge is 1.00 e. The van der Waals surface area contributed by atoms with Gasteiger partial charge in [-0.05, 0) is 0 Å². The van der Waals surface area contributed by atoms with Crippen molar-refractivity contribution >= 4 is 18.2 Å². The number of nitrogens with one attached hydrogen (secondary N) is 2. The molecular formula is C4H5N3Na2O2S+2. The molecule has 12 heavy (non-hydrogen) atoms. The zero-order valence-electron chi connectivity index (χ0n) is 6.92. The smallest absolute Gasteiger partial charge is 0.481 e. The third-order valence-electron chi connectivity index (χ3n) is 0.941. The molecule has 0 fully saturated rings. The van der Waals surface area contributed by atoms with Gasteiger partial charge in [-0.3, -0.25) is 9.89 Å². The van der Waals surface area contributed by atoms with Gasteiger partial charge in [-0.2, -0.15) is 5.10 Å². The van der Waals surface area contributed by atoms with Crippen LogP contribution in [0.4, 0.5) is 0 Å². The van der Waals surface area contributed by atoms with E-state index in [1.807, 2.05) is 0 Å². The van der Waals surface area contributed by atoms with Crippen LogP contribution >= 0.6 is 12.2 Å². The summed E-state index contributed by atoms with van der Waals surface area (Å²) >= 11 is 4.69. The van der Waals surface area contributed by atoms with Crippen molar-refractivity contribution in [2.45, 2.75) is 6.42 Å². The molecule has 5 nitrogen and oxygen atoms in total. The number of rotatable bonds is 2. The second-order valence-electron chi connectivity index (χ2n) is 1.69. The summed E-state index contributed by atoms with van der Waals surface area (Å²) in [5.74, 6) is -0.938.